The molecule has 3 aromatic rings. The van der Waals surface area contributed by atoms with Gasteiger partial charge in [-0.05, 0) is 43.3 Å². The average molecular weight is 378 g/mol. The lowest BCUT2D eigenvalue weighted by Gasteiger charge is -2.06. The summed E-state index contributed by atoms with van der Waals surface area (Å²) in [4.78, 5) is 12.2. The topological polar surface area (TPSA) is 114 Å². The number of benzene rings is 1. The first-order chi connectivity index (χ1) is 11.9. The molecule has 0 bridgehead atoms. The number of nitrogens with one attached hydrogen (secondary N) is 2. The molecule has 0 spiro atoms. The van der Waals surface area contributed by atoms with Gasteiger partial charge in [0.2, 0.25) is 15.2 Å². The fraction of sp³-hybridized carbons (Fsp3) is 0.133. The molecule has 0 saturated heterocycles. The van der Waals surface area contributed by atoms with Crippen molar-refractivity contribution in [3.8, 4) is 0 Å². The molecule has 0 aliphatic heterocycles. The summed E-state index contributed by atoms with van der Waals surface area (Å²) in [6, 6.07) is 8.95. The second-order valence-electron chi connectivity index (χ2n) is 5.01. The Kier molecular flexibility index (Phi) is 4.93. The maximum Gasteiger partial charge on any atom is 0.257 e. The minimum Gasteiger partial charge on any atom is -0.468 e. The van der Waals surface area contributed by atoms with E-state index < -0.39 is 10.0 Å². The quantitative estimate of drug-likeness (QED) is 0.679. The van der Waals surface area contributed by atoms with E-state index in [-0.39, 0.29) is 17.3 Å². The summed E-state index contributed by atoms with van der Waals surface area (Å²) in [5.41, 5.74) is 0.317. The van der Waals surface area contributed by atoms with Gasteiger partial charge in [0.1, 0.15) is 10.8 Å². The van der Waals surface area contributed by atoms with E-state index in [0.717, 1.165) is 5.01 Å². The number of sulfonamides is 1. The minimum absolute atomic E-state index is 0.0496. The van der Waals surface area contributed by atoms with Crippen molar-refractivity contribution in [2.75, 3.05) is 5.32 Å². The highest BCUT2D eigenvalue weighted by atomic mass is 32.2. The third-order valence-corrected chi connectivity index (χ3v) is 5.36. The van der Waals surface area contributed by atoms with Crippen LogP contribution in [-0.2, 0) is 16.6 Å². The third kappa shape index (κ3) is 4.29. The van der Waals surface area contributed by atoms with Crippen LogP contribution in [0.4, 0.5) is 5.13 Å². The summed E-state index contributed by atoms with van der Waals surface area (Å²) in [5, 5.41) is 11.4. The first kappa shape index (κ1) is 17.3. The van der Waals surface area contributed by atoms with Crippen LogP contribution in [0.2, 0.25) is 0 Å². The number of aromatic nitrogens is 2. The van der Waals surface area contributed by atoms with Crippen molar-refractivity contribution in [2.45, 2.75) is 18.4 Å². The van der Waals surface area contributed by atoms with Crippen LogP contribution in [0.5, 0.6) is 0 Å². The molecular weight excluding hydrogens is 364 g/mol. The van der Waals surface area contributed by atoms with E-state index in [9.17, 15) is 13.2 Å². The highest BCUT2D eigenvalue weighted by Gasteiger charge is 2.16. The first-order valence-corrected chi connectivity index (χ1v) is 9.47. The molecule has 3 rings (SSSR count). The van der Waals surface area contributed by atoms with E-state index in [0.29, 0.717) is 16.5 Å². The molecule has 2 heterocycles. The van der Waals surface area contributed by atoms with Crippen molar-refractivity contribution in [1.82, 2.24) is 14.9 Å². The van der Waals surface area contributed by atoms with E-state index in [2.05, 4.69) is 20.2 Å². The van der Waals surface area contributed by atoms with Gasteiger partial charge in [-0.15, -0.1) is 10.2 Å². The summed E-state index contributed by atoms with van der Waals surface area (Å²) in [6.45, 7) is 1.83. The molecule has 0 aliphatic rings. The smallest absolute Gasteiger partial charge is 0.257 e. The standard InChI is InChI=1S/C15H14N4O4S2/c1-10-18-19-15(24-10)17-14(20)11-4-6-13(7-5-11)25(21,22)16-9-12-3-2-8-23-12/h2-8,16H,9H2,1H3,(H,17,19,20). The van der Waals surface area contributed by atoms with E-state index in [4.69, 9.17) is 4.42 Å². The molecule has 2 N–H and O–H groups in total. The van der Waals surface area contributed by atoms with Crippen molar-refractivity contribution < 1.29 is 17.6 Å². The molecule has 0 atom stereocenters. The van der Waals surface area contributed by atoms with Crippen LogP contribution in [0.25, 0.3) is 0 Å². The predicted octanol–water partition coefficient (Wildman–Crippen LogP) is 2.17. The number of rotatable bonds is 6. The molecule has 25 heavy (non-hydrogen) atoms. The Bertz CT molecular complexity index is 963. The lowest BCUT2D eigenvalue weighted by atomic mass is 10.2. The van der Waals surface area contributed by atoms with Crippen LogP contribution in [0.1, 0.15) is 21.1 Å². The highest BCUT2D eigenvalue weighted by molar-refractivity contribution is 7.89. The molecule has 0 saturated carbocycles. The highest BCUT2D eigenvalue weighted by Crippen LogP contribution is 2.16. The summed E-state index contributed by atoms with van der Waals surface area (Å²) in [7, 11) is -3.70. The van der Waals surface area contributed by atoms with Gasteiger partial charge < -0.3 is 4.42 Å². The molecule has 0 aliphatic carbocycles. The zero-order chi connectivity index (χ0) is 17.9. The van der Waals surface area contributed by atoms with Gasteiger partial charge in [0, 0.05) is 5.56 Å². The minimum atomic E-state index is -3.70. The summed E-state index contributed by atoms with van der Waals surface area (Å²) >= 11 is 1.25. The van der Waals surface area contributed by atoms with Crippen molar-refractivity contribution in [2.24, 2.45) is 0 Å². The Morgan fingerprint density at radius 3 is 2.56 bits per heavy atom. The lowest BCUT2D eigenvalue weighted by molar-refractivity contribution is 0.102. The van der Waals surface area contributed by atoms with Gasteiger partial charge in [0.15, 0.2) is 0 Å². The Labute approximate surface area is 148 Å². The van der Waals surface area contributed by atoms with Gasteiger partial charge in [-0.1, -0.05) is 11.3 Å². The number of carbonyl (C=O) groups is 1. The number of hydrogen-bond donors (Lipinski definition) is 2. The second kappa shape index (κ2) is 7.13. The molecule has 130 valence electrons. The predicted molar refractivity (Wildman–Crippen MR) is 91.8 cm³/mol. The lowest BCUT2D eigenvalue weighted by Crippen LogP contribution is -2.23. The van der Waals surface area contributed by atoms with Crippen molar-refractivity contribution in [1.29, 1.82) is 0 Å². The number of nitrogens with zero attached hydrogens (tertiary/aromatic N) is 2. The summed E-state index contributed by atoms with van der Waals surface area (Å²) < 4.78 is 32.0. The molecule has 1 amide bonds. The van der Waals surface area contributed by atoms with Gasteiger partial charge in [-0.3, -0.25) is 10.1 Å². The molecule has 0 unspecified atom stereocenters. The van der Waals surface area contributed by atoms with Crippen LogP contribution >= 0.6 is 11.3 Å². The number of anilines is 1. The van der Waals surface area contributed by atoms with Crippen molar-refractivity contribution in [3.63, 3.8) is 0 Å². The van der Waals surface area contributed by atoms with E-state index in [1.165, 1.54) is 41.9 Å². The molecule has 8 nitrogen and oxygen atoms in total. The van der Waals surface area contributed by atoms with Crippen molar-refractivity contribution in [3.05, 3.63) is 59.0 Å². The molecule has 0 fully saturated rings. The van der Waals surface area contributed by atoms with Crippen LogP contribution in [0.3, 0.4) is 0 Å². The maximum atomic E-state index is 12.2. The van der Waals surface area contributed by atoms with E-state index in [1.54, 1.807) is 19.1 Å². The fourth-order valence-corrected chi connectivity index (χ4v) is 3.54. The largest absolute Gasteiger partial charge is 0.468 e. The monoisotopic (exact) mass is 378 g/mol. The van der Waals surface area contributed by atoms with Crippen molar-refractivity contribution >= 4 is 32.4 Å². The summed E-state index contributed by atoms with van der Waals surface area (Å²) in [5.74, 6) is 0.121. The molecule has 10 heteroatoms. The van der Waals surface area contributed by atoms with Gasteiger partial charge in [-0.25, -0.2) is 13.1 Å². The summed E-state index contributed by atoms with van der Waals surface area (Å²) in [6.07, 6.45) is 1.47. The van der Waals surface area contributed by atoms with Gasteiger partial charge in [0.05, 0.1) is 17.7 Å². The number of furan rings is 1. The van der Waals surface area contributed by atoms with Crippen LogP contribution in [0, 0.1) is 6.92 Å². The van der Waals surface area contributed by atoms with E-state index in [1.807, 2.05) is 0 Å². The number of hydrogen-bond acceptors (Lipinski definition) is 7. The molecular formula is C15H14N4O4S2. The third-order valence-electron chi connectivity index (χ3n) is 3.19. The first-order valence-electron chi connectivity index (χ1n) is 7.17. The normalized spacial score (nSPS) is 11.4. The number of carbonyl (C=O) groups excluding carboxylic acids is 1. The number of amides is 1. The maximum absolute atomic E-state index is 12.2. The zero-order valence-electron chi connectivity index (χ0n) is 13.1. The molecule has 2 aromatic heterocycles. The Hall–Kier alpha value is -2.56. The second-order valence-corrected chi connectivity index (χ2v) is 7.96. The fourth-order valence-electron chi connectivity index (χ4n) is 1.96. The van der Waals surface area contributed by atoms with Crippen LogP contribution in [0.15, 0.2) is 52.0 Å². The van der Waals surface area contributed by atoms with Crippen LogP contribution in [-0.4, -0.2) is 24.5 Å². The number of aryl methyl sites for hydroxylation is 1. The Morgan fingerprint density at radius 1 is 1.20 bits per heavy atom. The average Bonchev–Trinajstić information content (AvgIpc) is 3.25. The Morgan fingerprint density at radius 2 is 1.96 bits per heavy atom. The van der Waals surface area contributed by atoms with Gasteiger partial charge in [-0.2, -0.15) is 0 Å². The van der Waals surface area contributed by atoms with E-state index >= 15 is 0 Å². The zero-order valence-corrected chi connectivity index (χ0v) is 14.7. The Balaban J connectivity index is 1.67. The van der Waals surface area contributed by atoms with Gasteiger partial charge in [0.25, 0.3) is 5.91 Å². The molecule has 0 radical (unpaired) electrons. The van der Waals surface area contributed by atoms with Crippen LogP contribution < -0.4 is 10.0 Å². The van der Waals surface area contributed by atoms with Gasteiger partial charge >= 0.3 is 0 Å². The SMILES string of the molecule is Cc1nnc(NC(=O)c2ccc(S(=O)(=O)NCc3ccco3)cc2)s1. The molecule has 1 aromatic carbocycles.